The van der Waals surface area contributed by atoms with Crippen molar-refractivity contribution in [1.82, 2.24) is 5.32 Å². The van der Waals surface area contributed by atoms with Crippen molar-refractivity contribution < 1.29 is 23.0 Å². The van der Waals surface area contributed by atoms with Gasteiger partial charge in [-0.3, -0.25) is 4.79 Å². The van der Waals surface area contributed by atoms with E-state index in [9.17, 15) is 13.6 Å². The van der Waals surface area contributed by atoms with Crippen molar-refractivity contribution in [2.24, 2.45) is 0 Å². The van der Waals surface area contributed by atoms with Crippen LogP contribution in [0.5, 0.6) is 11.5 Å². The molecule has 1 amide bonds. The van der Waals surface area contributed by atoms with Crippen LogP contribution in [0.1, 0.15) is 5.56 Å². The van der Waals surface area contributed by atoms with Gasteiger partial charge in [0, 0.05) is 6.54 Å². The van der Waals surface area contributed by atoms with Gasteiger partial charge in [-0.2, -0.15) is 8.78 Å². The average Bonchev–Trinajstić information content (AvgIpc) is 2.67. The molecule has 6 heteroatoms. The number of nitrogens with one attached hydrogen (secondary N) is 1. The summed E-state index contributed by atoms with van der Waals surface area (Å²) in [6.45, 7) is -2.48. The van der Waals surface area contributed by atoms with Crippen LogP contribution in [0.4, 0.5) is 8.78 Å². The fourth-order valence-electron chi connectivity index (χ4n) is 2.64. The van der Waals surface area contributed by atoms with Crippen molar-refractivity contribution in [3.63, 3.8) is 0 Å². The van der Waals surface area contributed by atoms with Crippen LogP contribution in [0.15, 0.2) is 66.7 Å². The Morgan fingerprint density at radius 3 is 2.37 bits per heavy atom. The van der Waals surface area contributed by atoms with E-state index in [1.54, 1.807) is 12.1 Å². The summed E-state index contributed by atoms with van der Waals surface area (Å²) in [6, 6.07) is 19.9. The summed E-state index contributed by atoms with van der Waals surface area (Å²) in [4.78, 5) is 11.9. The molecule has 3 aromatic carbocycles. The first-order valence-electron chi connectivity index (χ1n) is 8.52. The molecule has 0 saturated heterocycles. The summed E-state index contributed by atoms with van der Waals surface area (Å²) >= 11 is 0. The normalized spacial score (nSPS) is 10.8. The van der Waals surface area contributed by atoms with Gasteiger partial charge in [0.15, 0.2) is 6.61 Å². The van der Waals surface area contributed by atoms with Gasteiger partial charge in [0.05, 0.1) is 0 Å². The zero-order valence-corrected chi connectivity index (χ0v) is 14.5. The Balaban J connectivity index is 1.41. The Hall–Kier alpha value is -3.15. The molecule has 0 unspecified atom stereocenters. The third-order valence-corrected chi connectivity index (χ3v) is 3.98. The lowest BCUT2D eigenvalue weighted by Gasteiger charge is -2.09. The summed E-state index contributed by atoms with van der Waals surface area (Å²) in [6.07, 6.45) is 0.580. The maximum Gasteiger partial charge on any atom is 0.387 e. The number of carbonyl (C=O) groups is 1. The number of amides is 1. The van der Waals surface area contributed by atoms with Gasteiger partial charge >= 0.3 is 6.61 Å². The van der Waals surface area contributed by atoms with E-state index in [0.29, 0.717) is 18.7 Å². The number of fused-ring (bicyclic) bond motifs is 1. The van der Waals surface area contributed by atoms with Gasteiger partial charge in [0.1, 0.15) is 11.5 Å². The van der Waals surface area contributed by atoms with Crippen LogP contribution in [0.25, 0.3) is 10.8 Å². The van der Waals surface area contributed by atoms with Crippen LogP contribution in [-0.2, 0) is 11.2 Å². The predicted molar refractivity (Wildman–Crippen MR) is 99.2 cm³/mol. The maximum atomic E-state index is 12.1. The second-order valence-electron chi connectivity index (χ2n) is 5.92. The van der Waals surface area contributed by atoms with E-state index in [1.807, 2.05) is 42.5 Å². The van der Waals surface area contributed by atoms with E-state index in [0.717, 1.165) is 16.3 Å². The monoisotopic (exact) mass is 371 g/mol. The summed E-state index contributed by atoms with van der Waals surface area (Å²) in [7, 11) is 0. The highest BCUT2D eigenvalue weighted by Crippen LogP contribution is 2.20. The largest absolute Gasteiger partial charge is 0.484 e. The van der Waals surface area contributed by atoms with Crippen molar-refractivity contribution >= 4 is 16.7 Å². The Morgan fingerprint density at radius 2 is 1.63 bits per heavy atom. The standard InChI is InChI=1S/C21H19F2NO3/c22-21(23)27-18-8-5-15(6-9-18)11-12-24-20(25)14-26-19-10-7-16-3-1-2-4-17(16)13-19/h1-10,13,21H,11-12,14H2,(H,24,25). The number of ether oxygens (including phenoxy) is 2. The molecule has 0 radical (unpaired) electrons. The number of hydrogen-bond donors (Lipinski definition) is 1. The molecule has 0 aliphatic carbocycles. The van der Waals surface area contributed by atoms with Crippen LogP contribution < -0.4 is 14.8 Å². The van der Waals surface area contributed by atoms with Crippen LogP contribution in [-0.4, -0.2) is 25.7 Å². The number of halogens is 2. The molecule has 0 saturated carbocycles. The summed E-state index contributed by atoms with van der Waals surface area (Å²) in [5, 5.41) is 4.93. The van der Waals surface area contributed by atoms with Crippen LogP contribution >= 0.6 is 0 Å². The topological polar surface area (TPSA) is 47.6 Å². The molecule has 0 fully saturated rings. The summed E-state index contributed by atoms with van der Waals surface area (Å²) in [5.41, 5.74) is 0.910. The van der Waals surface area contributed by atoms with E-state index >= 15 is 0 Å². The fraction of sp³-hybridized carbons (Fsp3) is 0.190. The first kappa shape index (κ1) is 18.6. The molecule has 3 rings (SSSR count). The third-order valence-electron chi connectivity index (χ3n) is 3.98. The van der Waals surface area contributed by atoms with E-state index in [2.05, 4.69) is 10.1 Å². The zero-order chi connectivity index (χ0) is 19.1. The van der Waals surface area contributed by atoms with Gasteiger partial charge in [0.25, 0.3) is 5.91 Å². The molecule has 0 bridgehead atoms. The second-order valence-corrected chi connectivity index (χ2v) is 5.92. The number of alkyl halides is 2. The highest BCUT2D eigenvalue weighted by atomic mass is 19.3. The van der Waals surface area contributed by atoms with E-state index in [-0.39, 0.29) is 18.3 Å². The van der Waals surface area contributed by atoms with Gasteiger partial charge < -0.3 is 14.8 Å². The molecule has 0 atom stereocenters. The highest BCUT2D eigenvalue weighted by Gasteiger charge is 2.05. The fourth-order valence-corrected chi connectivity index (χ4v) is 2.64. The van der Waals surface area contributed by atoms with Crippen molar-refractivity contribution in [1.29, 1.82) is 0 Å². The third kappa shape index (κ3) is 5.67. The number of benzene rings is 3. The smallest absolute Gasteiger partial charge is 0.387 e. The lowest BCUT2D eigenvalue weighted by atomic mass is 10.1. The molecule has 4 nitrogen and oxygen atoms in total. The molecule has 1 N–H and O–H groups in total. The van der Waals surface area contributed by atoms with Gasteiger partial charge in [-0.15, -0.1) is 0 Å². The Labute approximate surface area is 155 Å². The molecule has 0 heterocycles. The minimum atomic E-state index is -2.84. The van der Waals surface area contributed by atoms with E-state index < -0.39 is 6.61 Å². The SMILES string of the molecule is O=C(COc1ccc2ccccc2c1)NCCc1ccc(OC(F)F)cc1. The Morgan fingerprint density at radius 1 is 0.926 bits per heavy atom. The molecule has 0 aliphatic rings. The molecule has 27 heavy (non-hydrogen) atoms. The van der Waals surface area contributed by atoms with Gasteiger partial charge in [0.2, 0.25) is 0 Å². The molecule has 0 aliphatic heterocycles. The van der Waals surface area contributed by atoms with Crippen LogP contribution in [0.3, 0.4) is 0 Å². The lowest BCUT2D eigenvalue weighted by molar-refractivity contribution is -0.123. The second kappa shape index (κ2) is 8.98. The number of hydrogen-bond acceptors (Lipinski definition) is 3. The molecule has 0 spiro atoms. The number of carbonyl (C=O) groups excluding carboxylic acids is 1. The molecular weight excluding hydrogens is 352 g/mol. The minimum absolute atomic E-state index is 0.0699. The van der Waals surface area contributed by atoms with Gasteiger partial charge in [-0.25, -0.2) is 0 Å². The highest BCUT2D eigenvalue weighted by molar-refractivity contribution is 5.84. The lowest BCUT2D eigenvalue weighted by Crippen LogP contribution is -2.30. The van der Waals surface area contributed by atoms with Crippen LogP contribution in [0.2, 0.25) is 0 Å². The van der Waals surface area contributed by atoms with Crippen molar-refractivity contribution in [2.45, 2.75) is 13.0 Å². The van der Waals surface area contributed by atoms with Gasteiger partial charge in [-0.05, 0) is 47.0 Å². The first-order chi connectivity index (χ1) is 13.1. The minimum Gasteiger partial charge on any atom is -0.484 e. The number of rotatable bonds is 8. The first-order valence-corrected chi connectivity index (χ1v) is 8.52. The quantitative estimate of drug-likeness (QED) is 0.646. The van der Waals surface area contributed by atoms with Crippen molar-refractivity contribution in [2.75, 3.05) is 13.2 Å². The van der Waals surface area contributed by atoms with Crippen LogP contribution in [0, 0.1) is 0 Å². The van der Waals surface area contributed by atoms with E-state index in [1.165, 1.54) is 12.1 Å². The van der Waals surface area contributed by atoms with Gasteiger partial charge in [-0.1, -0.05) is 42.5 Å². The maximum absolute atomic E-state index is 12.1. The molecular formula is C21H19F2NO3. The average molecular weight is 371 g/mol. The Bertz CT molecular complexity index is 897. The van der Waals surface area contributed by atoms with Crippen molar-refractivity contribution in [3.05, 3.63) is 72.3 Å². The zero-order valence-electron chi connectivity index (χ0n) is 14.5. The molecule has 0 aromatic heterocycles. The van der Waals surface area contributed by atoms with Crippen molar-refractivity contribution in [3.8, 4) is 11.5 Å². The van der Waals surface area contributed by atoms with E-state index in [4.69, 9.17) is 4.74 Å². The molecule has 140 valence electrons. The summed E-state index contributed by atoms with van der Waals surface area (Å²) < 4.78 is 34.0. The predicted octanol–water partition coefficient (Wildman–Crippen LogP) is 4.18. The summed E-state index contributed by atoms with van der Waals surface area (Å²) in [5.74, 6) is 0.529. The molecule has 3 aromatic rings. The Kier molecular flexibility index (Phi) is 6.20.